The Hall–Kier alpha value is -4.04. The Kier molecular flexibility index (Phi) is 7.17. The predicted molar refractivity (Wildman–Crippen MR) is 124 cm³/mol. The monoisotopic (exact) mass is 537 g/mol. The van der Waals surface area contributed by atoms with Crippen molar-refractivity contribution in [3.05, 3.63) is 75.3 Å². The predicted octanol–water partition coefficient (Wildman–Crippen LogP) is 5.08. The largest absolute Gasteiger partial charge is 0.417 e. The number of alkyl halides is 3. The Morgan fingerprint density at radius 1 is 1.08 bits per heavy atom. The van der Waals surface area contributed by atoms with E-state index in [4.69, 9.17) is 16.1 Å². The second kappa shape index (κ2) is 10.3. The highest BCUT2D eigenvalue weighted by atomic mass is 35.5. The lowest BCUT2D eigenvalue weighted by atomic mass is 10.2. The molecule has 10 nitrogen and oxygen atoms in total. The second-order valence-corrected chi connectivity index (χ2v) is 8.67. The highest BCUT2D eigenvalue weighted by Crippen LogP contribution is 2.36. The van der Waals surface area contributed by atoms with Gasteiger partial charge in [0, 0.05) is 17.8 Å². The van der Waals surface area contributed by atoms with E-state index in [0.29, 0.717) is 16.6 Å². The first-order valence-corrected chi connectivity index (χ1v) is 11.2. The Morgan fingerprint density at radius 3 is 2.61 bits per heavy atom. The minimum Gasteiger partial charge on any atom is -0.363 e. The van der Waals surface area contributed by atoms with Crippen molar-refractivity contribution in [1.29, 1.82) is 0 Å². The van der Waals surface area contributed by atoms with E-state index in [2.05, 4.69) is 36.1 Å². The highest BCUT2D eigenvalue weighted by Gasteiger charge is 2.33. The molecule has 0 aliphatic carbocycles. The van der Waals surface area contributed by atoms with Gasteiger partial charge in [-0.3, -0.25) is 9.59 Å². The van der Waals surface area contributed by atoms with Crippen LogP contribution in [0.3, 0.4) is 0 Å². The van der Waals surface area contributed by atoms with E-state index in [0.717, 1.165) is 23.5 Å². The second-order valence-electron chi connectivity index (χ2n) is 7.20. The minimum absolute atomic E-state index is 0.0700. The number of hydrogen-bond acceptors (Lipinski definition) is 9. The number of carbonyl (C=O) groups excluding carboxylic acids is 2. The zero-order chi connectivity index (χ0) is 25.9. The standard InChI is InChI=1S/C21H15ClF3N7O3S/c1-10(29-18(33)14-7-17(28-9-27-14)31-16-4-5-35-32-16)20-26-8-15(36-20)19(34)30-11-2-3-13(22)12(6-11)21(23,24)25/h2-10H,1H3,(H,29,33)(H,30,34)(H,27,28,31,32). The summed E-state index contributed by atoms with van der Waals surface area (Å²) in [5.74, 6) is -0.460. The molecule has 3 N–H and O–H groups in total. The van der Waals surface area contributed by atoms with Gasteiger partial charge in [0.15, 0.2) is 5.82 Å². The quantitative estimate of drug-likeness (QED) is 0.297. The number of benzene rings is 1. The van der Waals surface area contributed by atoms with Crippen LogP contribution in [0.5, 0.6) is 0 Å². The van der Waals surface area contributed by atoms with E-state index in [1.165, 1.54) is 30.9 Å². The van der Waals surface area contributed by atoms with E-state index in [9.17, 15) is 22.8 Å². The fourth-order valence-corrected chi connectivity index (χ4v) is 3.94. The van der Waals surface area contributed by atoms with Crippen molar-refractivity contribution < 1.29 is 27.3 Å². The molecular weight excluding hydrogens is 523 g/mol. The summed E-state index contributed by atoms with van der Waals surface area (Å²) in [6.07, 6.45) is -0.825. The molecule has 0 fully saturated rings. The number of thiazole rings is 1. The Morgan fingerprint density at radius 2 is 1.89 bits per heavy atom. The van der Waals surface area contributed by atoms with E-state index in [1.807, 2.05) is 0 Å². The van der Waals surface area contributed by atoms with Crippen LogP contribution in [0.25, 0.3) is 0 Å². The van der Waals surface area contributed by atoms with Crippen LogP contribution in [0, 0.1) is 0 Å². The third-order valence-electron chi connectivity index (χ3n) is 4.59. The average Bonchev–Trinajstić information content (AvgIpc) is 3.52. The number of rotatable bonds is 7. The van der Waals surface area contributed by atoms with Crippen LogP contribution < -0.4 is 16.0 Å². The number of hydrogen-bond donors (Lipinski definition) is 3. The molecule has 3 heterocycles. The topological polar surface area (TPSA) is 135 Å². The maximum atomic E-state index is 13.1. The first kappa shape index (κ1) is 25.1. The number of aromatic nitrogens is 4. The van der Waals surface area contributed by atoms with Gasteiger partial charge < -0.3 is 20.5 Å². The molecule has 0 aliphatic rings. The number of nitrogens with zero attached hydrogens (tertiary/aromatic N) is 4. The third kappa shape index (κ3) is 5.95. The van der Waals surface area contributed by atoms with Crippen LogP contribution in [-0.4, -0.2) is 31.9 Å². The van der Waals surface area contributed by atoms with Gasteiger partial charge in [0.25, 0.3) is 11.8 Å². The third-order valence-corrected chi connectivity index (χ3v) is 6.10. The number of halogens is 4. The summed E-state index contributed by atoms with van der Waals surface area (Å²) < 4.78 is 43.9. The molecule has 15 heteroatoms. The van der Waals surface area contributed by atoms with Gasteiger partial charge in [-0.15, -0.1) is 11.3 Å². The average molecular weight is 538 g/mol. The summed E-state index contributed by atoms with van der Waals surface area (Å²) in [7, 11) is 0. The Bertz CT molecular complexity index is 1400. The Balaban J connectivity index is 1.40. The van der Waals surface area contributed by atoms with Gasteiger partial charge in [-0.2, -0.15) is 13.2 Å². The van der Waals surface area contributed by atoms with E-state index < -0.39 is 34.6 Å². The molecule has 0 spiro atoms. The molecule has 0 saturated carbocycles. The smallest absolute Gasteiger partial charge is 0.363 e. The molecule has 1 unspecified atom stereocenters. The van der Waals surface area contributed by atoms with Gasteiger partial charge in [0.05, 0.1) is 22.8 Å². The maximum Gasteiger partial charge on any atom is 0.417 e. The lowest BCUT2D eigenvalue weighted by molar-refractivity contribution is -0.137. The maximum absolute atomic E-state index is 13.1. The van der Waals surface area contributed by atoms with Crippen molar-refractivity contribution in [1.82, 2.24) is 25.4 Å². The van der Waals surface area contributed by atoms with Gasteiger partial charge in [-0.05, 0) is 25.1 Å². The van der Waals surface area contributed by atoms with Crippen molar-refractivity contribution in [2.24, 2.45) is 0 Å². The fraction of sp³-hybridized carbons (Fsp3) is 0.143. The first-order valence-electron chi connectivity index (χ1n) is 10.0. The van der Waals surface area contributed by atoms with Crippen LogP contribution in [0.4, 0.5) is 30.5 Å². The van der Waals surface area contributed by atoms with Crippen molar-refractivity contribution in [3.63, 3.8) is 0 Å². The van der Waals surface area contributed by atoms with Crippen LogP contribution in [0.2, 0.25) is 5.02 Å². The van der Waals surface area contributed by atoms with E-state index in [1.54, 1.807) is 13.0 Å². The Labute approximate surface area is 209 Å². The molecule has 0 radical (unpaired) electrons. The van der Waals surface area contributed by atoms with Crippen LogP contribution in [0.1, 0.15) is 43.7 Å². The lowest BCUT2D eigenvalue weighted by Gasteiger charge is -2.12. The number of anilines is 3. The summed E-state index contributed by atoms with van der Waals surface area (Å²) in [6, 6.07) is 5.45. The summed E-state index contributed by atoms with van der Waals surface area (Å²) in [5, 5.41) is 11.6. The fourth-order valence-electron chi connectivity index (χ4n) is 2.90. The van der Waals surface area contributed by atoms with Crippen LogP contribution >= 0.6 is 22.9 Å². The molecule has 186 valence electrons. The number of carbonyl (C=O) groups is 2. The van der Waals surface area contributed by atoms with Gasteiger partial charge in [-0.25, -0.2) is 15.0 Å². The summed E-state index contributed by atoms with van der Waals surface area (Å²) >= 11 is 6.58. The molecular formula is C21H15ClF3N7O3S. The summed E-state index contributed by atoms with van der Waals surface area (Å²) in [4.78, 5) is 37.4. The van der Waals surface area contributed by atoms with Crippen molar-refractivity contribution in [3.8, 4) is 0 Å². The lowest BCUT2D eigenvalue weighted by Crippen LogP contribution is -2.27. The zero-order valence-corrected chi connectivity index (χ0v) is 19.7. The molecule has 3 aromatic heterocycles. The number of nitrogens with one attached hydrogen (secondary N) is 3. The van der Waals surface area contributed by atoms with Crippen LogP contribution in [-0.2, 0) is 6.18 Å². The highest BCUT2D eigenvalue weighted by molar-refractivity contribution is 7.13. The molecule has 0 bridgehead atoms. The van der Waals surface area contributed by atoms with Crippen molar-refractivity contribution in [2.45, 2.75) is 19.1 Å². The van der Waals surface area contributed by atoms with Gasteiger partial charge in [-0.1, -0.05) is 16.8 Å². The number of amides is 2. The molecule has 1 atom stereocenters. The first-order chi connectivity index (χ1) is 17.1. The van der Waals surface area contributed by atoms with Crippen molar-refractivity contribution >= 4 is 52.1 Å². The molecule has 4 rings (SSSR count). The molecule has 4 aromatic rings. The van der Waals surface area contributed by atoms with Crippen molar-refractivity contribution in [2.75, 3.05) is 10.6 Å². The van der Waals surface area contributed by atoms with Gasteiger partial charge in [0.2, 0.25) is 0 Å². The van der Waals surface area contributed by atoms with E-state index >= 15 is 0 Å². The van der Waals surface area contributed by atoms with Gasteiger partial charge in [0.1, 0.15) is 34.0 Å². The summed E-state index contributed by atoms with van der Waals surface area (Å²) in [6.45, 7) is 1.66. The molecule has 36 heavy (non-hydrogen) atoms. The van der Waals surface area contributed by atoms with Gasteiger partial charge >= 0.3 is 6.18 Å². The molecule has 1 aromatic carbocycles. The normalized spacial score (nSPS) is 12.1. The van der Waals surface area contributed by atoms with E-state index in [-0.39, 0.29) is 16.3 Å². The van der Waals surface area contributed by atoms with Crippen LogP contribution in [0.15, 0.2) is 53.6 Å². The minimum atomic E-state index is -4.67. The summed E-state index contributed by atoms with van der Waals surface area (Å²) in [5.41, 5.74) is -1.07. The molecule has 2 amide bonds. The molecule has 0 aliphatic heterocycles. The molecule has 0 saturated heterocycles. The SMILES string of the molecule is CC(NC(=O)c1cc(Nc2ccon2)ncn1)c1ncc(C(=O)Nc2ccc(Cl)c(C(F)(F)F)c2)s1. The zero-order valence-electron chi connectivity index (χ0n) is 18.1.